The van der Waals surface area contributed by atoms with Gasteiger partial charge in [0.15, 0.2) is 15.9 Å². The van der Waals surface area contributed by atoms with Crippen LogP contribution in [0.1, 0.15) is 5.56 Å². The Balaban J connectivity index is 2.26. The molecule has 0 radical (unpaired) electrons. The molecule has 0 aliphatic carbocycles. The molecular weight excluding hydrogens is 270 g/mol. The number of aryl methyl sites for hydroxylation is 1. The second-order valence-electron chi connectivity index (χ2n) is 3.86. The number of fused-ring (bicyclic) bond motifs is 1. The minimum atomic E-state index is 0.399. The van der Waals surface area contributed by atoms with E-state index >= 15 is 0 Å². The fraction of sp³-hybridized carbons (Fsp3) is 0.167. The number of halogens is 1. The molecule has 0 aliphatic heterocycles. The maximum absolute atomic E-state index is 6.02. The van der Waals surface area contributed by atoms with Crippen molar-refractivity contribution in [3.05, 3.63) is 34.7 Å². The molecule has 3 aromatic heterocycles. The van der Waals surface area contributed by atoms with Gasteiger partial charge in [0, 0.05) is 18.6 Å². The number of ether oxygens (including phenoxy) is 1. The van der Waals surface area contributed by atoms with Crippen LogP contribution >= 0.6 is 22.9 Å². The van der Waals surface area contributed by atoms with Gasteiger partial charge in [-0.25, -0.2) is 9.97 Å². The fourth-order valence-electron chi connectivity index (χ4n) is 1.89. The zero-order chi connectivity index (χ0) is 12.7. The third kappa shape index (κ3) is 1.67. The molecule has 3 heterocycles. The van der Waals surface area contributed by atoms with E-state index in [1.54, 1.807) is 24.6 Å². The van der Waals surface area contributed by atoms with Crippen molar-refractivity contribution in [2.24, 2.45) is 0 Å². The van der Waals surface area contributed by atoms with E-state index in [1.807, 2.05) is 23.7 Å². The number of thiophene rings is 1. The summed E-state index contributed by atoms with van der Waals surface area (Å²) in [6.45, 7) is 2.04. The van der Waals surface area contributed by atoms with Crippen LogP contribution in [0, 0.1) is 6.92 Å². The van der Waals surface area contributed by atoms with Gasteiger partial charge in [-0.15, -0.1) is 11.3 Å². The van der Waals surface area contributed by atoms with Gasteiger partial charge in [0.05, 0.1) is 18.4 Å². The van der Waals surface area contributed by atoms with Crippen LogP contribution in [0.3, 0.4) is 0 Å². The molecule has 0 fully saturated rings. The Labute approximate surface area is 113 Å². The lowest BCUT2D eigenvalue weighted by Crippen LogP contribution is -1.85. The van der Waals surface area contributed by atoms with Gasteiger partial charge in [0.25, 0.3) is 0 Å². The van der Waals surface area contributed by atoms with E-state index in [0.29, 0.717) is 10.8 Å². The lowest BCUT2D eigenvalue weighted by molar-refractivity contribution is 0.428. The van der Waals surface area contributed by atoms with Crippen LogP contribution in [0.25, 0.3) is 16.9 Å². The van der Waals surface area contributed by atoms with Gasteiger partial charge in [-0.1, -0.05) is 11.6 Å². The van der Waals surface area contributed by atoms with E-state index in [-0.39, 0.29) is 0 Å². The Kier molecular flexibility index (Phi) is 2.72. The summed E-state index contributed by atoms with van der Waals surface area (Å²) in [5.41, 5.74) is 3.66. The van der Waals surface area contributed by atoms with E-state index in [1.165, 1.54) is 0 Å². The zero-order valence-electron chi connectivity index (χ0n) is 9.85. The first-order valence-corrected chi connectivity index (χ1v) is 6.58. The normalized spacial score (nSPS) is 11.1. The van der Waals surface area contributed by atoms with Crippen molar-refractivity contribution < 1.29 is 4.74 Å². The minimum absolute atomic E-state index is 0.399. The first-order valence-electron chi connectivity index (χ1n) is 5.32. The molecule has 3 rings (SSSR count). The van der Waals surface area contributed by atoms with Crippen LogP contribution in [-0.4, -0.2) is 21.5 Å². The van der Waals surface area contributed by atoms with Gasteiger partial charge < -0.3 is 9.14 Å². The van der Waals surface area contributed by atoms with Crippen molar-refractivity contribution in [2.45, 2.75) is 6.92 Å². The van der Waals surface area contributed by atoms with Gasteiger partial charge in [0.1, 0.15) is 0 Å². The van der Waals surface area contributed by atoms with E-state index in [4.69, 9.17) is 16.3 Å². The molecule has 0 N–H and O–H groups in total. The Morgan fingerprint density at radius 2 is 2.28 bits per heavy atom. The van der Waals surface area contributed by atoms with E-state index in [9.17, 15) is 0 Å². The molecule has 6 heteroatoms. The van der Waals surface area contributed by atoms with Crippen LogP contribution in [0.15, 0.2) is 24.0 Å². The third-order valence-electron chi connectivity index (χ3n) is 2.71. The molecule has 92 valence electrons. The maximum Gasteiger partial charge on any atom is 0.183 e. The summed E-state index contributed by atoms with van der Waals surface area (Å²) in [5.74, 6) is 0. The number of hydrogen-bond acceptors (Lipinski definition) is 4. The van der Waals surface area contributed by atoms with E-state index < -0.39 is 0 Å². The number of hydrogen-bond donors (Lipinski definition) is 0. The highest BCUT2D eigenvalue weighted by atomic mass is 35.5. The second-order valence-corrected chi connectivity index (χ2v) is 5.06. The molecule has 0 amide bonds. The molecule has 0 bridgehead atoms. The van der Waals surface area contributed by atoms with Crippen molar-refractivity contribution in [1.29, 1.82) is 0 Å². The SMILES string of the molecule is COc1scc(C)c1-c1cn2ccnc(Cl)c2n1. The summed E-state index contributed by atoms with van der Waals surface area (Å²) >= 11 is 7.59. The summed E-state index contributed by atoms with van der Waals surface area (Å²) in [4.78, 5) is 8.54. The van der Waals surface area contributed by atoms with Gasteiger partial charge >= 0.3 is 0 Å². The number of methoxy groups -OCH3 is 1. The standard InChI is InChI=1S/C12H10ClN3OS/c1-7-6-18-12(17-2)9(7)8-5-16-4-3-14-10(13)11(16)15-8/h3-6H,1-2H3. The molecule has 0 unspecified atom stereocenters. The number of rotatable bonds is 2. The lowest BCUT2D eigenvalue weighted by Gasteiger charge is -1.99. The first kappa shape index (κ1) is 11.5. The number of imidazole rings is 1. The van der Waals surface area contributed by atoms with Crippen molar-refractivity contribution >= 4 is 28.6 Å². The predicted octanol–water partition coefficient (Wildman–Crippen LogP) is 3.43. The Bertz CT molecular complexity index is 719. The van der Waals surface area contributed by atoms with Gasteiger partial charge in [-0.05, 0) is 17.9 Å². The van der Waals surface area contributed by atoms with Crippen molar-refractivity contribution in [2.75, 3.05) is 7.11 Å². The van der Waals surface area contributed by atoms with Crippen LogP contribution in [0.2, 0.25) is 5.15 Å². The fourth-order valence-corrected chi connectivity index (χ4v) is 2.96. The Hall–Kier alpha value is -1.59. The van der Waals surface area contributed by atoms with Crippen molar-refractivity contribution in [3.63, 3.8) is 0 Å². The largest absolute Gasteiger partial charge is 0.487 e. The van der Waals surface area contributed by atoms with Gasteiger partial charge in [-0.2, -0.15) is 0 Å². The first-order chi connectivity index (χ1) is 8.70. The highest BCUT2D eigenvalue weighted by molar-refractivity contribution is 7.12. The van der Waals surface area contributed by atoms with Crippen LogP contribution in [-0.2, 0) is 0 Å². The highest BCUT2D eigenvalue weighted by Crippen LogP contribution is 2.38. The zero-order valence-corrected chi connectivity index (χ0v) is 11.4. The Morgan fingerprint density at radius 3 is 3.00 bits per heavy atom. The highest BCUT2D eigenvalue weighted by Gasteiger charge is 2.15. The van der Waals surface area contributed by atoms with Gasteiger partial charge in [0.2, 0.25) is 0 Å². The van der Waals surface area contributed by atoms with Crippen molar-refractivity contribution in [3.8, 4) is 16.3 Å². The third-order valence-corrected chi connectivity index (χ3v) is 4.04. The van der Waals surface area contributed by atoms with Crippen LogP contribution in [0.5, 0.6) is 5.06 Å². The predicted molar refractivity (Wildman–Crippen MR) is 72.6 cm³/mol. The van der Waals surface area contributed by atoms with Crippen LogP contribution < -0.4 is 4.74 Å². The van der Waals surface area contributed by atoms with Gasteiger partial charge in [-0.3, -0.25) is 0 Å². The molecular formula is C12H10ClN3OS. The molecule has 3 aromatic rings. The molecule has 0 saturated heterocycles. The summed E-state index contributed by atoms with van der Waals surface area (Å²) in [5, 5.41) is 3.31. The smallest absolute Gasteiger partial charge is 0.183 e. The molecule has 0 atom stereocenters. The number of aromatic nitrogens is 3. The average Bonchev–Trinajstić information content (AvgIpc) is 2.92. The molecule has 0 aromatic carbocycles. The topological polar surface area (TPSA) is 39.4 Å². The monoisotopic (exact) mass is 279 g/mol. The lowest BCUT2D eigenvalue weighted by atomic mass is 10.1. The van der Waals surface area contributed by atoms with E-state index in [2.05, 4.69) is 15.3 Å². The minimum Gasteiger partial charge on any atom is -0.487 e. The average molecular weight is 280 g/mol. The van der Waals surface area contributed by atoms with Crippen LogP contribution in [0.4, 0.5) is 0 Å². The summed E-state index contributed by atoms with van der Waals surface area (Å²) in [7, 11) is 1.67. The van der Waals surface area contributed by atoms with Crippen molar-refractivity contribution in [1.82, 2.24) is 14.4 Å². The second kappa shape index (κ2) is 4.26. The molecule has 4 nitrogen and oxygen atoms in total. The maximum atomic E-state index is 6.02. The molecule has 18 heavy (non-hydrogen) atoms. The summed E-state index contributed by atoms with van der Waals surface area (Å²) in [6, 6.07) is 0. The molecule has 0 aliphatic rings. The van der Waals surface area contributed by atoms with E-state index in [0.717, 1.165) is 21.9 Å². The summed E-state index contributed by atoms with van der Waals surface area (Å²) < 4.78 is 7.23. The summed E-state index contributed by atoms with van der Waals surface area (Å²) in [6.07, 6.45) is 5.41. The Morgan fingerprint density at radius 1 is 1.44 bits per heavy atom. The molecule has 0 spiro atoms. The number of nitrogens with zero attached hydrogens (tertiary/aromatic N) is 3. The molecule has 0 saturated carbocycles. The quantitative estimate of drug-likeness (QED) is 0.721.